The molecule has 0 aromatic carbocycles. The highest BCUT2D eigenvalue weighted by Crippen LogP contribution is 2.30. The first-order valence-corrected chi connectivity index (χ1v) is 7.03. The van der Waals surface area contributed by atoms with E-state index in [2.05, 4.69) is 40.2 Å². The number of nitrogens with zero attached hydrogens (tertiary/aromatic N) is 3. The van der Waals surface area contributed by atoms with Gasteiger partial charge in [-0.3, -0.25) is 4.98 Å². The van der Waals surface area contributed by atoms with Crippen molar-refractivity contribution in [1.82, 2.24) is 15.0 Å². The Hall–Kier alpha value is -2.01. The second-order valence-electron chi connectivity index (χ2n) is 4.22. The van der Waals surface area contributed by atoms with Crippen molar-refractivity contribution in [2.24, 2.45) is 0 Å². The lowest BCUT2D eigenvalue weighted by Crippen LogP contribution is -2.02. The summed E-state index contributed by atoms with van der Waals surface area (Å²) in [5.74, 6) is 1.56. The molecule has 19 heavy (non-hydrogen) atoms. The van der Waals surface area contributed by atoms with Gasteiger partial charge in [0.05, 0.1) is 5.39 Å². The van der Waals surface area contributed by atoms with Crippen LogP contribution >= 0.6 is 11.3 Å². The van der Waals surface area contributed by atoms with Crippen LogP contribution in [0.1, 0.15) is 11.8 Å². The lowest BCUT2D eigenvalue weighted by atomic mass is 10.3. The maximum atomic E-state index is 4.61. The number of aromatic nitrogens is 3. The van der Waals surface area contributed by atoms with Crippen molar-refractivity contribution in [2.75, 3.05) is 11.9 Å². The summed E-state index contributed by atoms with van der Waals surface area (Å²) >= 11 is 1.68. The minimum Gasteiger partial charge on any atom is -0.370 e. The molecule has 0 saturated carbocycles. The largest absolute Gasteiger partial charge is 0.370 e. The zero-order valence-electron chi connectivity index (χ0n) is 10.8. The van der Waals surface area contributed by atoms with Crippen LogP contribution in [0.25, 0.3) is 21.7 Å². The summed E-state index contributed by atoms with van der Waals surface area (Å²) in [6, 6.07) is 7.89. The average Bonchev–Trinajstić information content (AvgIpc) is 2.80. The number of rotatable bonds is 3. The van der Waals surface area contributed by atoms with Crippen LogP contribution in [0.5, 0.6) is 0 Å². The topological polar surface area (TPSA) is 50.7 Å². The first-order valence-electron chi connectivity index (χ1n) is 6.21. The Morgan fingerprint density at radius 2 is 2.16 bits per heavy atom. The van der Waals surface area contributed by atoms with E-state index in [9.17, 15) is 0 Å². The van der Waals surface area contributed by atoms with Crippen LogP contribution in [0.15, 0.2) is 30.5 Å². The third kappa shape index (κ3) is 2.29. The Morgan fingerprint density at radius 3 is 2.89 bits per heavy atom. The van der Waals surface area contributed by atoms with E-state index in [4.69, 9.17) is 0 Å². The molecule has 3 rings (SSSR count). The molecule has 0 aliphatic carbocycles. The molecule has 0 atom stereocenters. The highest BCUT2D eigenvalue weighted by Gasteiger charge is 2.11. The summed E-state index contributed by atoms with van der Waals surface area (Å²) in [5, 5.41) is 4.39. The molecule has 0 aliphatic rings. The molecule has 3 heterocycles. The van der Waals surface area contributed by atoms with Gasteiger partial charge in [-0.2, -0.15) is 0 Å². The van der Waals surface area contributed by atoms with Crippen molar-refractivity contribution in [3.63, 3.8) is 0 Å². The molecule has 0 aliphatic heterocycles. The molecule has 1 N–H and O–H groups in total. The molecule has 0 fully saturated rings. The number of pyridine rings is 1. The average molecular weight is 270 g/mol. The fraction of sp³-hybridized carbons (Fsp3) is 0.214. The van der Waals surface area contributed by atoms with Gasteiger partial charge in [-0.15, -0.1) is 11.3 Å². The maximum Gasteiger partial charge on any atom is 0.181 e. The summed E-state index contributed by atoms with van der Waals surface area (Å²) in [4.78, 5) is 15.8. The van der Waals surface area contributed by atoms with Gasteiger partial charge in [-0.1, -0.05) is 6.07 Å². The monoisotopic (exact) mass is 270 g/mol. The Kier molecular flexibility index (Phi) is 3.13. The van der Waals surface area contributed by atoms with E-state index in [-0.39, 0.29) is 0 Å². The predicted octanol–water partition coefficient (Wildman–Crippen LogP) is 3.49. The van der Waals surface area contributed by atoms with E-state index in [0.29, 0.717) is 5.82 Å². The highest BCUT2D eigenvalue weighted by molar-refractivity contribution is 7.18. The molecule has 0 amide bonds. The number of hydrogen-bond donors (Lipinski definition) is 1. The normalized spacial score (nSPS) is 10.8. The molecular formula is C14H14N4S. The van der Waals surface area contributed by atoms with Crippen LogP contribution < -0.4 is 5.32 Å². The lowest BCUT2D eigenvalue weighted by Gasteiger charge is -2.06. The van der Waals surface area contributed by atoms with Crippen LogP contribution in [0.2, 0.25) is 0 Å². The molecule has 4 nitrogen and oxygen atoms in total. The molecule has 0 bridgehead atoms. The molecule has 0 spiro atoms. The predicted molar refractivity (Wildman–Crippen MR) is 79.5 cm³/mol. The second kappa shape index (κ2) is 4.93. The number of hydrogen-bond acceptors (Lipinski definition) is 5. The SMILES string of the molecule is CCNc1nc(-c2ccccn2)nc2sc(C)cc12. The van der Waals surface area contributed by atoms with Gasteiger partial charge >= 0.3 is 0 Å². The van der Waals surface area contributed by atoms with E-state index in [1.807, 2.05) is 18.2 Å². The fourth-order valence-corrected chi connectivity index (χ4v) is 2.83. The molecule has 3 aromatic rings. The van der Waals surface area contributed by atoms with Crippen molar-refractivity contribution >= 4 is 27.4 Å². The van der Waals surface area contributed by atoms with Gasteiger partial charge in [-0.25, -0.2) is 9.97 Å². The quantitative estimate of drug-likeness (QED) is 0.791. The Bertz CT molecular complexity index is 706. The molecule has 3 aromatic heterocycles. The van der Waals surface area contributed by atoms with E-state index in [1.54, 1.807) is 17.5 Å². The van der Waals surface area contributed by atoms with Crippen LogP contribution in [-0.2, 0) is 0 Å². The highest BCUT2D eigenvalue weighted by atomic mass is 32.1. The molecule has 0 radical (unpaired) electrons. The number of thiophene rings is 1. The molecule has 96 valence electrons. The van der Waals surface area contributed by atoms with Crippen molar-refractivity contribution in [2.45, 2.75) is 13.8 Å². The van der Waals surface area contributed by atoms with Gasteiger partial charge < -0.3 is 5.32 Å². The van der Waals surface area contributed by atoms with Gasteiger partial charge in [0.25, 0.3) is 0 Å². The number of fused-ring (bicyclic) bond motifs is 1. The third-order valence-electron chi connectivity index (χ3n) is 2.75. The van der Waals surface area contributed by atoms with Gasteiger partial charge in [0.2, 0.25) is 0 Å². The van der Waals surface area contributed by atoms with E-state index >= 15 is 0 Å². The summed E-state index contributed by atoms with van der Waals surface area (Å²) < 4.78 is 0. The van der Waals surface area contributed by atoms with Crippen LogP contribution in [0.4, 0.5) is 5.82 Å². The minimum absolute atomic E-state index is 0.672. The van der Waals surface area contributed by atoms with Crippen molar-refractivity contribution in [1.29, 1.82) is 0 Å². The standard InChI is InChI=1S/C14H14N4S/c1-3-15-12-10-8-9(2)19-14(10)18-13(17-12)11-6-4-5-7-16-11/h4-8H,3H2,1-2H3,(H,15,17,18). The molecule has 0 saturated heterocycles. The number of aryl methyl sites for hydroxylation is 1. The zero-order chi connectivity index (χ0) is 13.2. The Morgan fingerprint density at radius 1 is 1.26 bits per heavy atom. The number of nitrogens with one attached hydrogen (secondary N) is 1. The third-order valence-corrected chi connectivity index (χ3v) is 3.70. The smallest absolute Gasteiger partial charge is 0.181 e. The Balaban J connectivity index is 2.21. The van der Waals surface area contributed by atoms with E-state index in [1.165, 1.54) is 4.88 Å². The van der Waals surface area contributed by atoms with E-state index in [0.717, 1.165) is 28.3 Å². The van der Waals surface area contributed by atoms with Gasteiger partial charge in [0, 0.05) is 17.6 Å². The molecule has 5 heteroatoms. The van der Waals surface area contributed by atoms with Gasteiger partial charge in [0.1, 0.15) is 16.3 Å². The molecular weight excluding hydrogens is 256 g/mol. The van der Waals surface area contributed by atoms with Crippen molar-refractivity contribution < 1.29 is 0 Å². The summed E-state index contributed by atoms with van der Waals surface area (Å²) in [7, 11) is 0. The van der Waals surface area contributed by atoms with Crippen LogP contribution in [0.3, 0.4) is 0 Å². The number of anilines is 1. The molecule has 0 unspecified atom stereocenters. The Labute approximate surface area is 115 Å². The zero-order valence-corrected chi connectivity index (χ0v) is 11.7. The summed E-state index contributed by atoms with van der Waals surface area (Å²) in [5.41, 5.74) is 0.801. The first kappa shape index (κ1) is 12.0. The van der Waals surface area contributed by atoms with Crippen LogP contribution in [0, 0.1) is 6.92 Å². The van der Waals surface area contributed by atoms with E-state index < -0.39 is 0 Å². The van der Waals surface area contributed by atoms with Crippen molar-refractivity contribution in [3.8, 4) is 11.5 Å². The van der Waals surface area contributed by atoms with Crippen LogP contribution in [-0.4, -0.2) is 21.5 Å². The summed E-state index contributed by atoms with van der Waals surface area (Å²) in [6.07, 6.45) is 1.76. The second-order valence-corrected chi connectivity index (χ2v) is 5.45. The van der Waals surface area contributed by atoms with Crippen molar-refractivity contribution in [3.05, 3.63) is 35.3 Å². The first-order chi connectivity index (χ1) is 9.28. The summed E-state index contributed by atoms with van der Waals surface area (Å²) in [6.45, 7) is 4.98. The minimum atomic E-state index is 0.672. The van der Waals surface area contributed by atoms with Gasteiger partial charge in [-0.05, 0) is 32.0 Å². The maximum absolute atomic E-state index is 4.61. The lowest BCUT2D eigenvalue weighted by molar-refractivity contribution is 1.13. The van der Waals surface area contributed by atoms with Gasteiger partial charge in [0.15, 0.2) is 5.82 Å². The fourth-order valence-electron chi connectivity index (χ4n) is 1.95.